The molecule has 0 unspecified atom stereocenters. The van der Waals surface area contributed by atoms with Gasteiger partial charge in [0.2, 0.25) is 0 Å². The molecule has 0 bridgehead atoms. The van der Waals surface area contributed by atoms with Crippen LogP contribution in [0.4, 0.5) is 5.82 Å². The van der Waals surface area contributed by atoms with Crippen molar-refractivity contribution in [2.75, 3.05) is 19.0 Å². The maximum Gasteiger partial charge on any atom is 0.351 e. The molecule has 4 atom stereocenters. The second-order valence-corrected chi connectivity index (χ2v) is 9.72. The SMILES string of the molecule is COc1ccc(C(Nc2ccn([C@@H]3O[C@H](CO)[C@@H](O)[C@@]3(C)O)c(=O)n2)(c2ccccc2)c2ccccc2)cc1. The number of benzene rings is 3. The Morgan fingerprint density at radius 1 is 0.974 bits per heavy atom. The summed E-state index contributed by atoms with van der Waals surface area (Å²) in [4.78, 5) is 17.5. The molecule has 0 radical (unpaired) electrons. The van der Waals surface area contributed by atoms with Gasteiger partial charge in [0.1, 0.15) is 34.9 Å². The number of nitrogens with zero attached hydrogens (tertiary/aromatic N) is 2. The molecular weight excluding hydrogens is 498 g/mol. The summed E-state index contributed by atoms with van der Waals surface area (Å²) in [5.74, 6) is 0.998. The lowest BCUT2D eigenvalue weighted by molar-refractivity contribution is -0.0986. The van der Waals surface area contributed by atoms with Crippen LogP contribution in [-0.2, 0) is 10.3 Å². The molecule has 9 nitrogen and oxygen atoms in total. The molecule has 0 spiro atoms. The van der Waals surface area contributed by atoms with Crippen molar-refractivity contribution < 1.29 is 24.8 Å². The molecule has 202 valence electrons. The highest BCUT2D eigenvalue weighted by molar-refractivity contribution is 5.58. The number of nitrogens with one attached hydrogen (secondary N) is 1. The number of hydrogen-bond acceptors (Lipinski definition) is 8. The van der Waals surface area contributed by atoms with Crippen LogP contribution in [0.5, 0.6) is 5.75 Å². The van der Waals surface area contributed by atoms with E-state index in [1.807, 2.05) is 84.9 Å². The van der Waals surface area contributed by atoms with Crippen molar-refractivity contribution in [3.8, 4) is 5.75 Å². The van der Waals surface area contributed by atoms with Gasteiger partial charge in [-0.15, -0.1) is 0 Å². The molecule has 0 aliphatic carbocycles. The van der Waals surface area contributed by atoms with Gasteiger partial charge in [-0.1, -0.05) is 72.8 Å². The molecule has 4 aromatic rings. The van der Waals surface area contributed by atoms with E-state index in [1.165, 1.54) is 13.1 Å². The second-order valence-electron chi connectivity index (χ2n) is 9.72. The first kappa shape index (κ1) is 26.6. The summed E-state index contributed by atoms with van der Waals surface area (Å²) in [5, 5.41) is 34.3. The Bertz CT molecular complexity index is 1420. The van der Waals surface area contributed by atoms with Gasteiger partial charge in [0.25, 0.3) is 0 Å². The quantitative estimate of drug-likeness (QED) is 0.257. The maximum atomic E-state index is 13.3. The zero-order valence-electron chi connectivity index (χ0n) is 21.6. The fraction of sp³-hybridized carbons (Fsp3) is 0.267. The number of aliphatic hydroxyl groups excluding tert-OH is 2. The third kappa shape index (κ3) is 4.70. The van der Waals surface area contributed by atoms with Crippen molar-refractivity contribution in [2.24, 2.45) is 0 Å². The molecule has 2 heterocycles. The molecule has 1 saturated heterocycles. The minimum atomic E-state index is -1.81. The Labute approximate surface area is 225 Å². The molecule has 5 rings (SSSR count). The van der Waals surface area contributed by atoms with Crippen molar-refractivity contribution in [1.29, 1.82) is 0 Å². The summed E-state index contributed by atoms with van der Waals surface area (Å²) >= 11 is 0. The van der Waals surface area contributed by atoms with Gasteiger partial charge >= 0.3 is 5.69 Å². The Morgan fingerprint density at radius 3 is 2.03 bits per heavy atom. The highest BCUT2D eigenvalue weighted by Crippen LogP contribution is 2.41. The summed E-state index contributed by atoms with van der Waals surface area (Å²) in [7, 11) is 1.61. The van der Waals surface area contributed by atoms with E-state index in [4.69, 9.17) is 9.47 Å². The molecule has 9 heteroatoms. The summed E-state index contributed by atoms with van der Waals surface area (Å²) in [6, 6.07) is 29.0. The summed E-state index contributed by atoms with van der Waals surface area (Å²) in [5.41, 5.74) is -0.710. The van der Waals surface area contributed by atoms with Crippen LogP contribution in [0, 0.1) is 0 Å². The number of hydrogen-bond donors (Lipinski definition) is 4. The molecule has 1 aliphatic rings. The van der Waals surface area contributed by atoms with Gasteiger partial charge in [-0.05, 0) is 41.8 Å². The van der Waals surface area contributed by atoms with Gasteiger partial charge < -0.3 is 30.1 Å². The lowest BCUT2D eigenvalue weighted by atomic mass is 9.77. The van der Waals surface area contributed by atoms with Gasteiger partial charge in [-0.2, -0.15) is 4.98 Å². The number of methoxy groups -OCH3 is 1. The Hall–Kier alpha value is -4.02. The van der Waals surface area contributed by atoms with Crippen molar-refractivity contribution in [3.63, 3.8) is 0 Å². The first-order chi connectivity index (χ1) is 18.8. The highest BCUT2D eigenvalue weighted by atomic mass is 16.6. The predicted molar refractivity (Wildman–Crippen MR) is 146 cm³/mol. The van der Waals surface area contributed by atoms with E-state index < -0.39 is 41.9 Å². The minimum Gasteiger partial charge on any atom is -0.497 e. The van der Waals surface area contributed by atoms with Crippen LogP contribution < -0.4 is 15.7 Å². The average Bonchev–Trinajstić information content (AvgIpc) is 3.20. The van der Waals surface area contributed by atoms with E-state index in [0.29, 0.717) is 5.75 Å². The van der Waals surface area contributed by atoms with Gasteiger partial charge in [0, 0.05) is 6.20 Å². The topological polar surface area (TPSA) is 126 Å². The zero-order chi connectivity index (χ0) is 27.6. The van der Waals surface area contributed by atoms with Gasteiger partial charge in [0.15, 0.2) is 6.23 Å². The Kier molecular flexibility index (Phi) is 7.24. The average molecular weight is 530 g/mol. The fourth-order valence-electron chi connectivity index (χ4n) is 5.18. The molecular formula is C30H31N3O6. The summed E-state index contributed by atoms with van der Waals surface area (Å²) in [6.07, 6.45) is -2.18. The van der Waals surface area contributed by atoms with E-state index >= 15 is 0 Å². The lowest BCUT2D eigenvalue weighted by Crippen LogP contribution is -2.46. The van der Waals surface area contributed by atoms with Crippen LogP contribution in [0.25, 0.3) is 0 Å². The normalized spacial score (nSPS) is 22.9. The molecule has 1 aliphatic heterocycles. The second kappa shape index (κ2) is 10.6. The number of aromatic nitrogens is 2. The first-order valence-corrected chi connectivity index (χ1v) is 12.6. The molecule has 0 amide bonds. The largest absolute Gasteiger partial charge is 0.497 e. The summed E-state index contributed by atoms with van der Waals surface area (Å²) in [6.45, 7) is 0.851. The molecule has 4 N–H and O–H groups in total. The molecule has 39 heavy (non-hydrogen) atoms. The van der Waals surface area contributed by atoms with Crippen molar-refractivity contribution in [3.05, 3.63) is 124 Å². The fourth-order valence-corrected chi connectivity index (χ4v) is 5.18. The highest BCUT2D eigenvalue weighted by Gasteiger charge is 2.53. The van der Waals surface area contributed by atoms with Gasteiger partial charge in [-0.3, -0.25) is 4.57 Å². The van der Waals surface area contributed by atoms with Gasteiger partial charge in [-0.25, -0.2) is 4.79 Å². The standard InChI is InChI=1S/C30H31N3O6/c1-29(37)26(35)24(19-34)39-27(29)33-18-17-25(31-28(33)36)32-30(20-9-5-3-6-10-20,21-11-7-4-8-12-21)22-13-15-23(38-2)16-14-22/h3-18,24,26-27,34-35,37H,19H2,1-2H3,(H,31,32,36)/t24-,26-,27-,29-/m1/s1. The minimum absolute atomic E-state index is 0.289. The Balaban J connectivity index is 1.63. The van der Waals surface area contributed by atoms with E-state index in [-0.39, 0.29) is 5.82 Å². The maximum absolute atomic E-state index is 13.3. The van der Waals surface area contributed by atoms with Crippen molar-refractivity contribution in [2.45, 2.75) is 36.5 Å². The number of ether oxygens (including phenoxy) is 2. The lowest BCUT2D eigenvalue weighted by Gasteiger charge is -2.37. The molecule has 1 aromatic heterocycles. The smallest absolute Gasteiger partial charge is 0.351 e. The van der Waals surface area contributed by atoms with Crippen LogP contribution in [0.15, 0.2) is 102 Å². The van der Waals surface area contributed by atoms with Crippen LogP contribution in [0.3, 0.4) is 0 Å². The van der Waals surface area contributed by atoms with E-state index in [9.17, 15) is 20.1 Å². The van der Waals surface area contributed by atoms with Crippen molar-refractivity contribution >= 4 is 5.82 Å². The third-order valence-corrected chi connectivity index (χ3v) is 7.27. The third-order valence-electron chi connectivity index (χ3n) is 7.27. The molecule has 0 saturated carbocycles. The zero-order valence-corrected chi connectivity index (χ0v) is 21.6. The van der Waals surface area contributed by atoms with E-state index in [2.05, 4.69) is 10.3 Å². The number of aliphatic hydroxyl groups is 3. The Morgan fingerprint density at radius 2 is 1.54 bits per heavy atom. The number of rotatable bonds is 8. The monoisotopic (exact) mass is 529 g/mol. The molecule has 1 fully saturated rings. The van der Waals surface area contributed by atoms with Gasteiger partial charge in [0.05, 0.1) is 13.7 Å². The van der Waals surface area contributed by atoms with Crippen LogP contribution in [-0.4, -0.2) is 56.4 Å². The van der Waals surface area contributed by atoms with Crippen LogP contribution in [0.2, 0.25) is 0 Å². The van der Waals surface area contributed by atoms with E-state index in [1.54, 1.807) is 13.2 Å². The van der Waals surface area contributed by atoms with E-state index in [0.717, 1.165) is 21.3 Å². The van der Waals surface area contributed by atoms with Crippen LogP contribution >= 0.6 is 0 Å². The predicted octanol–water partition coefficient (Wildman–Crippen LogP) is 2.66. The van der Waals surface area contributed by atoms with Crippen LogP contribution in [0.1, 0.15) is 29.8 Å². The van der Waals surface area contributed by atoms with Crippen molar-refractivity contribution in [1.82, 2.24) is 9.55 Å². The first-order valence-electron chi connectivity index (χ1n) is 12.6. The summed E-state index contributed by atoms with van der Waals surface area (Å²) < 4.78 is 12.1. The molecule has 3 aromatic carbocycles. The number of anilines is 1.